The predicted octanol–water partition coefficient (Wildman–Crippen LogP) is 2.55. The number of nitrogens with zero attached hydrogens (tertiary/aromatic N) is 3. The molecule has 2 aromatic heterocycles. The number of carbonyl (C=O) groups excluding carboxylic acids is 1. The van der Waals surface area contributed by atoms with Gasteiger partial charge < -0.3 is 15.0 Å². The number of rotatable bonds is 4. The van der Waals surface area contributed by atoms with Gasteiger partial charge in [-0.2, -0.15) is 0 Å². The summed E-state index contributed by atoms with van der Waals surface area (Å²) in [7, 11) is 3.39. The average molecular weight is 326 g/mol. The number of methoxy groups -OCH3 is 1. The normalized spacial score (nSPS) is 17.4. The molecule has 1 saturated heterocycles. The molecule has 3 rings (SSSR count). The van der Waals surface area contributed by atoms with Gasteiger partial charge in [-0.1, -0.05) is 0 Å². The van der Waals surface area contributed by atoms with Crippen molar-refractivity contribution in [3.8, 4) is 5.88 Å². The number of hydrogen-bond donors (Lipinski definition) is 1. The molecule has 6 nitrogen and oxygen atoms in total. The minimum absolute atomic E-state index is 0.0208. The molecule has 0 bridgehead atoms. The van der Waals surface area contributed by atoms with E-state index in [0.717, 1.165) is 25.2 Å². The monoisotopic (exact) mass is 326 g/mol. The first kappa shape index (κ1) is 16.2. The molecule has 2 aromatic rings. The van der Waals surface area contributed by atoms with Crippen LogP contribution in [0.5, 0.6) is 5.88 Å². The van der Waals surface area contributed by atoms with E-state index in [9.17, 15) is 4.79 Å². The van der Waals surface area contributed by atoms with E-state index in [0.29, 0.717) is 23.9 Å². The van der Waals surface area contributed by atoms with Crippen molar-refractivity contribution in [1.29, 1.82) is 0 Å². The standard InChI is InChI=1S/C18H22N4O2/c1-19-16-11-13(7-9-20-16)14-5-4-10-22(12-14)18(23)15-6-3-8-21-17(15)24-2/h3,6-9,11,14H,4-5,10,12H2,1-2H3,(H,19,20). The van der Waals surface area contributed by atoms with Crippen molar-refractivity contribution in [2.75, 3.05) is 32.6 Å². The molecule has 1 N–H and O–H groups in total. The van der Waals surface area contributed by atoms with Crippen molar-refractivity contribution in [3.63, 3.8) is 0 Å². The molecule has 1 unspecified atom stereocenters. The van der Waals surface area contributed by atoms with E-state index >= 15 is 0 Å². The molecule has 1 atom stereocenters. The average Bonchev–Trinajstić information content (AvgIpc) is 2.67. The molecule has 3 heterocycles. The summed E-state index contributed by atoms with van der Waals surface area (Å²) in [5.41, 5.74) is 1.73. The molecule has 126 valence electrons. The molecule has 0 spiro atoms. The van der Waals surface area contributed by atoms with Crippen LogP contribution >= 0.6 is 0 Å². The van der Waals surface area contributed by atoms with Crippen LogP contribution in [0.4, 0.5) is 5.82 Å². The van der Waals surface area contributed by atoms with Gasteiger partial charge in [0.15, 0.2) is 0 Å². The number of aromatic nitrogens is 2. The Morgan fingerprint density at radius 3 is 3.00 bits per heavy atom. The fourth-order valence-corrected chi connectivity index (χ4v) is 3.16. The highest BCUT2D eigenvalue weighted by Crippen LogP contribution is 2.29. The Hall–Kier alpha value is -2.63. The number of nitrogens with one attached hydrogen (secondary N) is 1. The van der Waals surface area contributed by atoms with Crippen molar-refractivity contribution in [3.05, 3.63) is 47.8 Å². The molecular formula is C18H22N4O2. The zero-order chi connectivity index (χ0) is 16.9. The minimum atomic E-state index is -0.0208. The molecule has 6 heteroatoms. The molecule has 0 aromatic carbocycles. The van der Waals surface area contributed by atoms with Crippen LogP contribution in [0.2, 0.25) is 0 Å². The zero-order valence-corrected chi connectivity index (χ0v) is 14.0. The van der Waals surface area contributed by atoms with Crippen LogP contribution in [-0.4, -0.2) is 48.0 Å². The van der Waals surface area contributed by atoms with Gasteiger partial charge in [-0.15, -0.1) is 0 Å². The van der Waals surface area contributed by atoms with Crippen molar-refractivity contribution in [2.45, 2.75) is 18.8 Å². The Balaban J connectivity index is 1.79. The molecule has 0 radical (unpaired) electrons. The van der Waals surface area contributed by atoms with E-state index in [1.54, 1.807) is 18.3 Å². The summed E-state index contributed by atoms with van der Waals surface area (Å²) in [4.78, 5) is 23.1. The summed E-state index contributed by atoms with van der Waals surface area (Å²) in [6.45, 7) is 1.46. The quantitative estimate of drug-likeness (QED) is 0.935. The van der Waals surface area contributed by atoms with E-state index in [-0.39, 0.29) is 5.91 Å². The fraction of sp³-hybridized carbons (Fsp3) is 0.389. The van der Waals surface area contributed by atoms with E-state index in [1.165, 1.54) is 12.7 Å². The van der Waals surface area contributed by atoms with Crippen molar-refractivity contribution in [1.82, 2.24) is 14.9 Å². The van der Waals surface area contributed by atoms with Gasteiger partial charge in [-0.25, -0.2) is 9.97 Å². The van der Waals surface area contributed by atoms with Gasteiger partial charge in [-0.05, 0) is 42.7 Å². The first-order chi connectivity index (χ1) is 11.7. The lowest BCUT2D eigenvalue weighted by atomic mass is 9.91. The third kappa shape index (κ3) is 3.32. The van der Waals surface area contributed by atoms with Gasteiger partial charge in [0.1, 0.15) is 11.4 Å². The Kier molecular flexibility index (Phi) is 4.93. The van der Waals surface area contributed by atoms with Crippen molar-refractivity contribution in [2.24, 2.45) is 0 Å². The first-order valence-corrected chi connectivity index (χ1v) is 8.15. The second-order valence-corrected chi connectivity index (χ2v) is 5.87. The third-order valence-electron chi connectivity index (χ3n) is 4.42. The van der Waals surface area contributed by atoms with E-state index in [1.807, 2.05) is 24.2 Å². The Morgan fingerprint density at radius 2 is 2.21 bits per heavy atom. The number of amides is 1. The molecule has 1 fully saturated rings. The Labute approximate surface area is 141 Å². The van der Waals surface area contributed by atoms with Crippen LogP contribution < -0.4 is 10.1 Å². The summed E-state index contributed by atoms with van der Waals surface area (Å²) in [5.74, 6) is 1.53. The lowest BCUT2D eigenvalue weighted by molar-refractivity contribution is 0.0703. The highest BCUT2D eigenvalue weighted by Gasteiger charge is 2.27. The number of hydrogen-bond acceptors (Lipinski definition) is 5. The van der Waals surface area contributed by atoms with Crippen molar-refractivity contribution < 1.29 is 9.53 Å². The van der Waals surface area contributed by atoms with Gasteiger partial charge in [-0.3, -0.25) is 4.79 Å². The SMILES string of the molecule is CNc1cc(C2CCCN(C(=O)c3cccnc3OC)C2)ccn1. The number of pyridine rings is 2. The van der Waals surface area contributed by atoms with Gasteiger partial charge in [0, 0.05) is 38.4 Å². The largest absolute Gasteiger partial charge is 0.480 e. The molecule has 1 aliphatic heterocycles. The molecule has 0 saturated carbocycles. The number of carbonyl (C=O) groups is 1. The predicted molar refractivity (Wildman–Crippen MR) is 92.5 cm³/mol. The molecule has 1 amide bonds. The number of ether oxygens (including phenoxy) is 1. The number of anilines is 1. The van der Waals surface area contributed by atoms with Crippen LogP contribution in [0.3, 0.4) is 0 Å². The Morgan fingerprint density at radius 1 is 1.33 bits per heavy atom. The highest BCUT2D eigenvalue weighted by molar-refractivity contribution is 5.96. The maximum Gasteiger partial charge on any atom is 0.259 e. The van der Waals surface area contributed by atoms with Crippen LogP contribution in [0, 0.1) is 0 Å². The van der Waals surface area contributed by atoms with E-state index in [2.05, 4.69) is 21.4 Å². The first-order valence-electron chi connectivity index (χ1n) is 8.15. The van der Waals surface area contributed by atoms with Crippen LogP contribution in [0.15, 0.2) is 36.7 Å². The van der Waals surface area contributed by atoms with Gasteiger partial charge in [0.25, 0.3) is 5.91 Å². The Bertz CT molecular complexity index is 720. The molecule has 1 aliphatic rings. The number of piperidine rings is 1. The number of likely N-dealkylation sites (tertiary alicyclic amines) is 1. The third-order valence-corrected chi connectivity index (χ3v) is 4.42. The summed E-state index contributed by atoms with van der Waals surface area (Å²) in [6, 6.07) is 7.62. The highest BCUT2D eigenvalue weighted by atomic mass is 16.5. The van der Waals surface area contributed by atoms with Crippen LogP contribution in [0.1, 0.15) is 34.7 Å². The van der Waals surface area contributed by atoms with Crippen LogP contribution in [0.25, 0.3) is 0 Å². The smallest absolute Gasteiger partial charge is 0.259 e. The van der Waals surface area contributed by atoms with Crippen molar-refractivity contribution >= 4 is 11.7 Å². The maximum absolute atomic E-state index is 12.9. The van der Waals surface area contributed by atoms with E-state index < -0.39 is 0 Å². The fourth-order valence-electron chi connectivity index (χ4n) is 3.16. The van der Waals surface area contributed by atoms with E-state index in [4.69, 9.17) is 4.74 Å². The van der Waals surface area contributed by atoms with Gasteiger partial charge in [0.05, 0.1) is 7.11 Å². The van der Waals surface area contributed by atoms with Gasteiger partial charge >= 0.3 is 0 Å². The van der Waals surface area contributed by atoms with Crippen LogP contribution in [-0.2, 0) is 0 Å². The second-order valence-electron chi connectivity index (χ2n) is 5.87. The molecule has 24 heavy (non-hydrogen) atoms. The minimum Gasteiger partial charge on any atom is -0.480 e. The summed E-state index contributed by atoms with van der Waals surface area (Å²) in [5, 5.41) is 3.06. The maximum atomic E-state index is 12.9. The molecule has 0 aliphatic carbocycles. The zero-order valence-electron chi connectivity index (χ0n) is 14.0. The molecular weight excluding hydrogens is 304 g/mol. The van der Waals surface area contributed by atoms with Gasteiger partial charge in [0.2, 0.25) is 5.88 Å². The summed E-state index contributed by atoms with van der Waals surface area (Å²) >= 11 is 0. The summed E-state index contributed by atoms with van der Waals surface area (Å²) in [6.07, 6.45) is 5.49. The lowest BCUT2D eigenvalue weighted by Gasteiger charge is -2.33. The second kappa shape index (κ2) is 7.29. The lowest BCUT2D eigenvalue weighted by Crippen LogP contribution is -2.39. The topological polar surface area (TPSA) is 67.4 Å². The summed E-state index contributed by atoms with van der Waals surface area (Å²) < 4.78 is 5.22.